The quantitative estimate of drug-likeness (QED) is 0.204. The summed E-state index contributed by atoms with van der Waals surface area (Å²) >= 11 is 0. The van der Waals surface area contributed by atoms with Crippen molar-refractivity contribution in [2.24, 2.45) is 0 Å². The average Bonchev–Trinajstić information content (AvgIpc) is 3.06. The predicted molar refractivity (Wildman–Crippen MR) is 179 cm³/mol. The van der Waals surface area contributed by atoms with Crippen molar-refractivity contribution >= 4 is 33.5 Å². The number of hydrogen-bond donors (Lipinski definition) is 2. The topological polar surface area (TPSA) is 74.6 Å². The van der Waals surface area contributed by atoms with Crippen LogP contribution >= 0.6 is 0 Å². The Morgan fingerprint density at radius 1 is 0.489 bits per heavy atom. The molecule has 216 valence electrons. The Kier molecular flexibility index (Phi) is 7.66. The van der Waals surface area contributed by atoms with Crippen molar-refractivity contribution in [3.63, 3.8) is 0 Å². The van der Waals surface area contributed by atoms with Crippen LogP contribution < -0.4 is 0 Å². The van der Waals surface area contributed by atoms with Crippen LogP contribution in [0.3, 0.4) is 0 Å². The molecule has 4 nitrogen and oxygen atoms in total. The summed E-state index contributed by atoms with van der Waals surface area (Å²) in [6.45, 7) is 3.89. The van der Waals surface area contributed by atoms with Crippen molar-refractivity contribution in [3.05, 3.63) is 166 Å². The molecule has 6 rings (SSSR count). The van der Waals surface area contributed by atoms with E-state index in [1.54, 1.807) is 36.4 Å². The first-order valence-electron chi connectivity index (χ1n) is 14.5. The number of benzene rings is 6. The molecule has 0 heterocycles. The van der Waals surface area contributed by atoms with Crippen molar-refractivity contribution in [2.75, 3.05) is 0 Å². The number of carbonyl (C=O) groups is 2. The van der Waals surface area contributed by atoms with E-state index >= 15 is 0 Å². The van der Waals surface area contributed by atoms with Gasteiger partial charge < -0.3 is 10.2 Å². The molecule has 0 unspecified atom stereocenters. The Morgan fingerprint density at radius 2 is 0.867 bits per heavy atom. The van der Waals surface area contributed by atoms with Crippen molar-refractivity contribution < 1.29 is 19.8 Å². The Bertz CT molecular complexity index is 2100. The number of aromatic carboxylic acids is 2. The highest BCUT2D eigenvalue weighted by molar-refractivity contribution is 5.91. The van der Waals surface area contributed by atoms with Gasteiger partial charge in [0.05, 0.1) is 11.1 Å². The Balaban J connectivity index is 1.53. The Hall–Kier alpha value is -6.10. The van der Waals surface area contributed by atoms with Crippen molar-refractivity contribution in [2.45, 2.75) is 19.3 Å². The van der Waals surface area contributed by atoms with Gasteiger partial charge in [0.25, 0.3) is 0 Å². The molecule has 6 aromatic rings. The number of carboxylic acid groups (broad SMARTS) is 2. The van der Waals surface area contributed by atoms with Crippen LogP contribution in [0.15, 0.2) is 121 Å². The summed E-state index contributed by atoms with van der Waals surface area (Å²) in [6, 6.07) is 37.7. The molecule has 0 atom stereocenters. The molecule has 0 radical (unpaired) electrons. The summed E-state index contributed by atoms with van der Waals surface area (Å²) in [6.07, 6.45) is 0. The monoisotopic (exact) mass is 584 g/mol. The second-order valence-corrected chi connectivity index (χ2v) is 11.3. The predicted octanol–water partition coefficient (Wildman–Crippen LogP) is 8.51. The lowest BCUT2D eigenvalue weighted by Crippen LogP contribution is -2.23. The van der Waals surface area contributed by atoms with Gasteiger partial charge in [-0.15, -0.1) is 0 Å². The van der Waals surface area contributed by atoms with Gasteiger partial charge in [0.2, 0.25) is 0 Å². The second kappa shape index (κ2) is 11.9. The van der Waals surface area contributed by atoms with Gasteiger partial charge in [-0.25, -0.2) is 9.59 Å². The van der Waals surface area contributed by atoms with Gasteiger partial charge in [-0.1, -0.05) is 110 Å². The van der Waals surface area contributed by atoms with E-state index in [4.69, 9.17) is 0 Å². The molecule has 0 saturated carbocycles. The third-order valence-corrected chi connectivity index (χ3v) is 8.12. The first kappa shape index (κ1) is 29.0. The summed E-state index contributed by atoms with van der Waals surface area (Å²) in [5, 5.41) is 24.0. The Morgan fingerprint density at radius 3 is 1.29 bits per heavy atom. The molecule has 0 fully saturated rings. The maximum absolute atomic E-state index is 12.1. The maximum Gasteiger partial charge on any atom is 0.335 e. The summed E-state index contributed by atoms with van der Waals surface area (Å²) < 4.78 is 0. The molecule has 0 bridgehead atoms. The number of hydrogen-bond acceptors (Lipinski definition) is 2. The van der Waals surface area contributed by atoms with Gasteiger partial charge in [-0.2, -0.15) is 0 Å². The van der Waals surface area contributed by atoms with E-state index in [-0.39, 0.29) is 11.1 Å². The van der Waals surface area contributed by atoms with E-state index < -0.39 is 17.4 Å². The van der Waals surface area contributed by atoms with Crippen LogP contribution in [0.25, 0.3) is 21.5 Å². The molecule has 0 aromatic heterocycles. The fraction of sp³-hybridized carbons (Fsp3) is 0.0732. The van der Waals surface area contributed by atoms with Crippen LogP contribution in [0.5, 0.6) is 0 Å². The number of rotatable bonds is 4. The lowest BCUT2D eigenvalue weighted by Gasteiger charge is -2.29. The molecule has 4 heteroatoms. The first-order valence-corrected chi connectivity index (χ1v) is 14.5. The van der Waals surface area contributed by atoms with Crippen molar-refractivity contribution in [1.29, 1.82) is 0 Å². The normalized spacial score (nSPS) is 10.9. The standard InChI is InChI=1S/C41H28O4/c1-41(2,37-25-33(39(42)43)23-21-31(37)19-17-29-13-7-11-27-9-3-5-15-35(27)29)38-26-34(40(44)45)24-22-32(38)20-18-30-14-8-12-28-10-4-6-16-36(28)30/h3-16,21-26H,1-2H3,(H,42,43)(H,44,45). The minimum Gasteiger partial charge on any atom is -0.478 e. The van der Waals surface area contributed by atoms with Crippen LogP contribution in [0, 0.1) is 23.7 Å². The average molecular weight is 585 g/mol. The van der Waals surface area contributed by atoms with E-state index in [9.17, 15) is 19.8 Å². The summed E-state index contributed by atoms with van der Waals surface area (Å²) in [7, 11) is 0. The molecule has 0 aliphatic rings. The fourth-order valence-corrected chi connectivity index (χ4v) is 5.69. The third-order valence-electron chi connectivity index (χ3n) is 8.12. The van der Waals surface area contributed by atoms with Gasteiger partial charge in [0, 0.05) is 27.7 Å². The van der Waals surface area contributed by atoms with Crippen molar-refractivity contribution in [1.82, 2.24) is 0 Å². The minimum absolute atomic E-state index is 0.117. The molecule has 0 amide bonds. The molecule has 0 aliphatic heterocycles. The smallest absolute Gasteiger partial charge is 0.335 e. The lowest BCUT2D eigenvalue weighted by atomic mass is 9.73. The highest BCUT2D eigenvalue weighted by Crippen LogP contribution is 2.37. The molecule has 0 saturated heterocycles. The van der Waals surface area contributed by atoms with Crippen LogP contribution in [-0.2, 0) is 5.41 Å². The third kappa shape index (κ3) is 5.78. The van der Waals surface area contributed by atoms with Crippen LogP contribution in [0.4, 0.5) is 0 Å². The van der Waals surface area contributed by atoms with Gasteiger partial charge >= 0.3 is 11.9 Å². The van der Waals surface area contributed by atoms with Crippen molar-refractivity contribution in [3.8, 4) is 23.7 Å². The molecular formula is C41H28O4. The number of fused-ring (bicyclic) bond motifs is 2. The van der Waals surface area contributed by atoms with Crippen LogP contribution in [0.2, 0.25) is 0 Å². The van der Waals surface area contributed by atoms with E-state index in [1.165, 1.54) is 0 Å². The lowest BCUT2D eigenvalue weighted by molar-refractivity contribution is 0.0686. The molecule has 2 N–H and O–H groups in total. The van der Waals surface area contributed by atoms with Gasteiger partial charge in [0.1, 0.15) is 0 Å². The molecule has 6 aromatic carbocycles. The zero-order chi connectivity index (χ0) is 31.6. The van der Waals surface area contributed by atoms with Crippen LogP contribution in [-0.4, -0.2) is 22.2 Å². The van der Waals surface area contributed by atoms with Gasteiger partial charge in [-0.05, 0) is 81.2 Å². The van der Waals surface area contributed by atoms with E-state index in [0.717, 1.165) is 32.7 Å². The first-order chi connectivity index (χ1) is 21.7. The van der Waals surface area contributed by atoms with Gasteiger partial charge in [-0.3, -0.25) is 0 Å². The summed E-state index contributed by atoms with van der Waals surface area (Å²) in [5.74, 6) is 11.1. The zero-order valence-electron chi connectivity index (χ0n) is 24.8. The molecule has 0 aliphatic carbocycles. The summed E-state index contributed by atoms with van der Waals surface area (Å²) in [4.78, 5) is 24.2. The molecule has 0 spiro atoms. The number of carboxylic acids is 2. The second-order valence-electron chi connectivity index (χ2n) is 11.3. The van der Waals surface area contributed by atoms with Gasteiger partial charge in [0.15, 0.2) is 0 Å². The fourth-order valence-electron chi connectivity index (χ4n) is 5.69. The largest absolute Gasteiger partial charge is 0.478 e. The summed E-state index contributed by atoms with van der Waals surface area (Å²) in [5.41, 5.74) is 3.68. The highest BCUT2D eigenvalue weighted by Gasteiger charge is 2.30. The highest BCUT2D eigenvalue weighted by atomic mass is 16.4. The van der Waals surface area contributed by atoms with E-state index in [2.05, 4.69) is 23.7 Å². The van der Waals surface area contributed by atoms with Crippen LogP contribution in [0.1, 0.15) is 67.9 Å². The Labute approximate surface area is 261 Å². The minimum atomic E-state index is -1.06. The van der Waals surface area contributed by atoms with E-state index in [0.29, 0.717) is 22.3 Å². The van der Waals surface area contributed by atoms with E-state index in [1.807, 2.05) is 98.8 Å². The molecular weight excluding hydrogens is 556 g/mol. The molecule has 45 heavy (non-hydrogen) atoms. The zero-order valence-corrected chi connectivity index (χ0v) is 24.8. The SMILES string of the molecule is CC(C)(c1cc(C(=O)O)ccc1C#Cc1cccc2ccccc12)c1cc(C(=O)O)ccc1C#Cc1cccc2ccccc12. The maximum atomic E-state index is 12.1.